The van der Waals surface area contributed by atoms with E-state index >= 15 is 0 Å². The summed E-state index contributed by atoms with van der Waals surface area (Å²) in [6.45, 7) is 11.0. The lowest BCUT2D eigenvalue weighted by Gasteiger charge is -2.38. The Morgan fingerprint density at radius 1 is 1.13 bits per heavy atom. The minimum absolute atomic E-state index is 0.0187. The summed E-state index contributed by atoms with van der Waals surface area (Å²) in [7, 11) is 2.67. The van der Waals surface area contributed by atoms with Gasteiger partial charge in [-0.3, -0.25) is 9.59 Å². The molecule has 0 aromatic heterocycles. The van der Waals surface area contributed by atoms with Crippen LogP contribution in [0.2, 0.25) is 0 Å². The number of ether oxygens (including phenoxy) is 3. The van der Waals surface area contributed by atoms with Crippen molar-refractivity contribution in [1.82, 2.24) is 0 Å². The summed E-state index contributed by atoms with van der Waals surface area (Å²) in [4.78, 5) is 25.4. The van der Waals surface area contributed by atoms with Gasteiger partial charge in [0.05, 0.1) is 11.6 Å². The van der Waals surface area contributed by atoms with Gasteiger partial charge in [0.25, 0.3) is 0 Å². The number of carbonyl (C=O) groups excluding carboxylic acids is 2. The van der Waals surface area contributed by atoms with E-state index < -0.39 is 5.60 Å². The maximum absolute atomic E-state index is 12.7. The Morgan fingerprint density at radius 3 is 2.52 bits per heavy atom. The van der Waals surface area contributed by atoms with Crippen molar-refractivity contribution in [3.05, 3.63) is 0 Å². The van der Waals surface area contributed by atoms with Gasteiger partial charge < -0.3 is 14.2 Å². The highest BCUT2D eigenvalue weighted by Crippen LogP contribution is 2.64. The first-order valence-corrected chi connectivity index (χ1v) is 13.1. The van der Waals surface area contributed by atoms with Crippen molar-refractivity contribution in [1.29, 1.82) is 0 Å². The molecule has 6 heteroatoms. The van der Waals surface area contributed by atoms with E-state index in [0.717, 1.165) is 38.0 Å². The molecule has 0 saturated heterocycles. The van der Waals surface area contributed by atoms with Crippen LogP contribution in [0, 0.1) is 41.4 Å². The van der Waals surface area contributed by atoms with Crippen molar-refractivity contribution >= 4 is 21.2 Å². The molecule has 0 aromatic carbocycles. The second-order valence-electron chi connectivity index (χ2n) is 10.8. The van der Waals surface area contributed by atoms with Gasteiger partial charge in [-0.2, -0.15) is 0 Å². The van der Waals surface area contributed by atoms with Crippen LogP contribution >= 0.6 is 9.24 Å². The van der Waals surface area contributed by atoms with Crippen LogP contribution in [0.1, 0.15) is 79.6 Å². The predicted molar refractivity (Wildman–Crippen MR) is 124 cm³/mol. The molecule has 2 bridgehead atoms. The van der Waals surface area contributed by atoms with Crippen LogP contribution in [0.4, 0.5) is 0 Å². The Hall–Kier alpha value is -0.670. The molecule has 0 aliphatic heterocycles. The lowest BCUT2D eigenvalue weighted by molar-refractivity contribution is -0.164. The van der Waals surface area contributed by atoms with E-state index in [2.05, 4.69) is 36.9 Å². The van der Waals surface area contributed by atoms with Crippen molar-refractivity contribution in [3.63, 3.8) is 0 Å². The first-order valence-electron chi connectivity index (χ1n) is 12.4. The van der Waals surface area contributed by atoms with Crippen molar-refractivity contribution in [2.45, 2.75) is 90.8 Å². The molecule has 0 spiro atoms. The Labute approximate surface area is 190 Å². The minimum Gasteiger partial charge on any atom is -0.459 e. The zero-order valence-electron chi connectivity index (χ0n) is 20.1. The standard InChI is InChI=1S/C25H43O5P/c1-6-25(5,30-24(27)21(31)10-15(3)4)13-16-8-9-18-17-11-19(22(16)18)20(12-17)23(26)29-14-28-7-2/h15-22H,6-14,31H2,1-5H3. The van der Waals surface area contributed by atoms with Crippen LogP contribution < -0.4 is 0 Å². The van der Waals surface area contributed by atoms with Gasteiger partial charge >= 0.3 is 11.9 Å². The molecule has 0 N–H and O–H groups in total. The third-order valence-corrected chi connectivity index (χ3v) is 8.81. The average Bonchev–Trinajstić information content (AvgIpc) is 3.40. The van der Waals surface area contributed by atoms with Gasteiger partial charge in [0, 0.05) is 6.61 Å². The second-order valence-corrected chi connectivity index (χ2v) is 11.6. The first-order chi connectivity index (χ1) is 14.7. The molecule has 9 atom stereocenters. The predicted octanol–water partition coefficient (Wildman–Crippen LogP) is 5.21. The lowest BCUT2D eigenvalue weighted by atomic mass is 9.70. The molecule has 0 heterocycles. The molecule has 3 rings (SSSR count). The van der Waals surface area contributed by atoms with Gasteiger partial charge in [-0.25, -0.2) is 0 Å². The summed E-state index contributed by atoms with van der Waals surface area (Å²) in [5.74, 6) is 3.21. The number of hydrogen-bond acceptors (Lipinski definition) is 5. The van der Waals surface area contributed by atoms with Crippen molar-refractivity contribution in [2.75, 3.05) is 13.4 Å². The van der Waals surface area contributed by atoms with Crippen LogP contribution in [-0.4, -0.2) is 36.6 Å². The third kappa shape index (κ3) is 5.64. The highest BCUT2D eigenvalue weighted by molar-refractivity contribution is 7.19. The largest absolute Gasteiger partial charge is 0.459 e. The topological polar surface area (TPSA) is 61.8 Å². The Kier molecular flexibility index (Phi) is 8.46. The highest BCUT2D eigenvalue weighted by Gasteiger charge is 2.59. The zero-order chi connectivity index (χ0) is 22.8. The summed E-state index contributed by atoms with van der Waals surface area (Å²) in [5, 5.41) is 0. The monoisotopic (exact) mass is 454 g/mol. The van der Waals surface area contributed by atoms with Crippen LogP contribution in [0.15, 0.2) is 0 Å². The van der Waals surface area contributed by atoms with Gasteiger partial charge in [-0.05, 0) is 94.3 Å². The van der Waals surface area contributed by atoms with Crippen LogP contribution in [-0.2, 0) is 23.8 Å². The van der Waals surface area contributed by atoms with Crippen LogP contribution in [0.5, 0.6) is 0 Å². The number of carbonyl (C=O) groups is 2. The molecule has 9 unspecified atom stereocenters. The van der Waals surface area contributed by atoms with Gasteiger partial charge in [-0.15, -0.1) is 9.24 Å². The smallest absolute Gasteiger partial charge is 0.313 e. The van der Waals surface area contributed by atoms with Gasteiger partial charge in [0.2, 0.25) is 0 Å². The van der Waals surface area contributed by atoms with Gasteiger partial charge in [-0.1, -0.05) is 20.8 Å². The van der Waals surface area contributed by atoms with Gasteiger partial charge in [0.15, 0.2) is 6.79 Å². The van der Waals surface area contributed by atoms with E-state index in [9.17, 15) is 9.59 Å². The zero-order valence-corrected chi connectivity index (χ0v) is 21.3. The summed E-state index contributed by atoms with van der Waals surface area (Å²) in [5.41, 5.74) is -0.580. The van der Waals surface area contributed by atoms with E-state index in [-0.39, 0.29) is 30.3 Å². The quantitative estimate of drug-likeness (QED) is 0.186. The molecule has 0 aromatic rings. The average molecular weight is 455 g/mol. The fraction of sp³-hybridized carbons (Fsp3) is 0.920. The number of hydrogen-bond donors (Lipinski definition) is 0. The maximum atomic E-state index is 12.7. The Morgan fingerprint density at radius 2 is 1.87 bits per heavy atom. The fourth-order valence-corrected chi connectivity index (χ4v) is 7.39. The minimum atomic E-state index is -0.435. The second kappa shape index (κ2) is 10.5. The lowest BCUT2D eigenvalue weighted by Crippen LogP contribution is -2.39. The SMILES string of the molecule is CCOCOC(=O)C1CC2CC1C1C(CC(C)(CC)OC(=O)C(P)CC(C)C)CCC21. The molecule has 3 aliphatic carbocycles. The molecule has 0 amide bonds. The van der Waals surface area contributed by atoms with E-state index in [0.29, 0.717) is 36.2 Å². The van der Waals surface area contributed by atoms with E-state index in [1.807, 2.05) is 6.92 Å². The maximum Gasteiger partial charge on any atom is 0.313 e. The molecule has 3 fully saturated rings. The highest BCUT2D eigenvalue weighted by atomic mass is 31.0. The van der Waals surface area contributed by atoms with E-state index in [1.54, 1.807) is 0 Å². The Balaban J connectivity index is 1.62. The number of rotatable bonds is 11. The van der Waals surface area contributed by atoms with Gasteiger partial charge in [0.1, 0.15) is 5.60 Å². The van der Waals surface area contributed by atoms with Crippen molar-refractivity contribution in [3.8, 4) is 0 Å². The summed E-state index contributed by atoms with van der Waals surface area (Å²) in [6.07, 6.45) is 7.13. The number of fused-ring (bicyclic) bond motifs is 5. The van der Waals surface area contributed by atoms with Crippen LogP contribution in [0.3, 0.4) is 0 Å². The summed E-state index contributed by atoms with van der Waals surface area (Å²) >= 11 is 0. The first kappa shape index (κ1) is 25.0. The Bertz CT molecular complexity index is 637. The normalized spacial score (nSPS) is 34.4. The van der Waals surface area contributed by atoms with Crippen LogP contribution in [0.25, 0.3) is 0 Å². The third-order valence-electron chi connectivity index (χ3n) is 8.27. The molecule has 178 valence electrons. The van der Waals surface area contributed by atoms with E-state index in [1.165, 1.54) is 12.8 Å². The molecule has 31 heavy (non-hydrogen) atoms. The molecular weight excluding hydrogens is 411 g/mol. The molecule has 5 nitrogen and oxygen atoms in total. The van der Waals surface area contributed by atoms with Crippen molar-refractivity contribution in [2.24, 2.45) is 41.4 Å². The molecule has 0 radical (unpaired) electrons. The van der Waals surface area contributed by atoms with Crippen molar-refractivity contribution < 1.29 is 23.8 Å². The summed E-state index contributed by atoms with van der Waals surface area (Å²) in [6, 6.07) is 0. The fourth-order valence-electron chi connectivity index (χ4n) is 6.78. The molecule has 3 aliphatic rings. The molecule has 3 saturated carbocycles. The molecular formula is C25H43O5P. The summed E-state index contributed by atoms with van der Waals surface area (Å²) < 4.78 is 16.7. The number of esters is 2. The van der Waals surface area contributed by atoms with E-state index in [4.69, 9.17) is 14.2 Å².